The van der Waals surface area contributed by atoms with Gasteiger partial charge in [-0.2, -0.15) is 0 Å². The summed E-state index contributed by atoms with van der Waals surface area (Å²) in [4.78, 5) is 0. The molecule has 2 aliphatic rings. The third kappa shape index (κ3) is 2.39. The van der Waals surface area contributed by atoms with Crippen molar-refractivity contribution in [2.45, 2.75) is 51.1 Å². The Labute approximate surface area is 110 Å². The van der Waals surface area contributed by atoms with Gasteiger partial charge >= 0.3 is 0 Å². The van der Waals surface area contributed by atoms with E-state index < -0.39 is 0 Å². The highest BCUT2D eigenvalue weighted by Crippen LogP contribution is 2.34. The Hall–Kier alpha value is -1.02. The monoisotopic (exact) mass is 245 g/mol. The van der Waals surface area contributed by atoms with E-state index in [0.29, 0.717) is 12.1 Å². The normalized spacial score (nSPS) is 25.5. The SMILES string of the molecule is C[C@H](NC1CCOc2ccccc21)C1CCCC1. The number of para-hydroxylation sites is 1. The van der Waals surface area contributed by atoms with E-state index in [1.807, 2.05) is 0 Å². The molecule has 0 aromatic heterocycles. The van der Waals surface area contributed by atoms with E-state index in [2.05, 4.69) is 36.5 Å². The molecule has 3 rings (SSSR count). The molecular formula is C16H23NO. The van der Waals surface area contributed by atoms with E-state index in [-0.39, 0.29) is 0 Å². The van der Waals surface area contributed by atoms with Gasteiger partial charge in [0.05, 0.1) is 6.61 Å². The topological polar surface area (TPSA) is 21.3 Å². The zero-order valence-electron chi connectivity index (χ0n) is 11.2. The molecule has 2 atom stereocenters. The third-order valence-electron chi connectivity index (χ3n) is 4.53. The fourth-order valence-electron chi connectivity index (χ4n) is 3.43. The van der Waals surface area contributed by atoms with Gasteiger partial charge in [-0.15, -0.1) is 0 Å². The number of ether oxygens (including phenoxy) is 1. The van der Waals surface area contributed by atoms with Crippen LogP contribution in [-0.2, 0) is 0 Å². The van der Waals surface area contributed by atoms with Gasteiger partial charge < -0.3 is 10.1 Å². The lowest BCUT2D eigenvalue weighted by Gasteiger charge is -2.31. The summed E-state index contributed by atoms with van der Waals surface area (Å²) in [5.74, 6) is 1.94. The maximum atomic E-state index is 5.72. The highest BCUT2D eigenvalue weighted by molar-refractivity contribution is 5.37. The largest absolute Gasteiger partial charge is 0.493 e. The minimum Gasteiger partial charge on any atom is -0.493 e. The van der Waals surface area contributed by atoms with Crippen molar-refractivity contribution in [2.75, 3.05) is 6.61 Å². The number of hydrogen-bond donors (Lipinski definition) is 1. The number of fused-ring (bicyclic) bond motifs is 1. The smallest absolute Gasteiger partial charge is 0.124 e. The Morgan fingerprint density at radius 2 is 1.94 bits per heavy atom. The van der Waals surface area contributed by atoms with Crippen molar-refractivity contribution >= 4 is 0 Å². The molecule has 1 aliphatic carbocycles. The van der Waals surface area contributed by atoms with Crippen LogP contribution in [-0.4, -0.2) is 12.6 Å². The first-order chi connectivity index (χ1) is 8.84. The second kappa shape index (κ2) is 5.31. The van der Waals surface area contributed by atoms with Gasteiger partial charge in [0.1, 0.15) is 5.75 Å². The van der Waals surface area contributed by atoms with Gasteiger partial charge in [0.15, 0.2) is 0 Å². The van der Waals surface area contributed by atoms with E-state index >= 15 is 0 Å². The molecule has 0 radical (unpaired) electrons. The molecule has 18 heavy (non-hydrogen) atoms. The summed E-state index contributed by atoms with van der Waals surface area (Å²) in [6, 6.07) is 9.57. The fourth-order valence-corrected chi connectivity index (χ4v) is 3.43. The summed E-state index contributed by atoms with van der Waals surface area (Å²) in [5.41, 5.74) is 1.34. The average molecular weight is 245 g/mol. The summed E-state index contributed by atoms with van der Waals surface area (Å²) in [7, 11) is 0. The van der Waals surface area contributed by atoms with Crippen LogP contribution in [0, 0.1) is 5.92 Å². The van der Waals surface area contributed by atoms with E-state index in [1.54, 1.807) is 0 Å². The fraction of sp³-hybridized carbons (Fsp3) is 0.625. The summed E-state index contributed by atoms with van der Waals surface area (Å²) in [6.45, 7) is 3.19. The van der Waals surface area contributed by atoms with Crippen molar-refractivity contribution in [1.82, 2.24) is 5.32 Å². The first kappa shape index (κ1) is 12.0. The zero-order chi connectivity index (χ0) is 12.4. The molecule has 0 amide bonds. The van der Waals surface area contributed by atoms with E-state index in [0.717, 1.165) is 24.7 Å². The van der Waals surface area contributed by atoms with E-state index in [4.69, 9.17) is 4.74 Å². The van der Waals surface area contributed by atoms with Crippen molar-refractivity contribution in [3.8, 4) is 5.75 Å². The predicted octanol–water partition coefficient (Wildman–Crippen LogP) is 3.68. The second-order valence-electron chi connectivity index (χ2n) is 5.73. The van der Waals surface area contributed by atoms with Crippen LogP contribution in [0.1, 0.15) is 50.6 Å². The van der Waals surface area contributed by atoms with Gasteiger partial charge in [0, 0.05) is 24.1 Å². The molecule has 1 aromatic carbocycles. The van der Waals surface area contributed by atoms with Crippen molar-refractivity contribution in [3.05, 3.63) is 29.8 Å². The quantitative estimate of drug-likeness (QED) is 0.877. The van der Waals surface area contributed by atoms with Crippen LogP contribution >= 0.6 is 0 Å². The molecule has 2 nitrogen and oxygen atoms in total. The highest BCUT2D eigenvalue weighted by Gasteiger charge is 2.27. The standard InChI is InChI=1S/C16H23NO/c1-12(13-6-2-3-7-13)17-15-10-11-18-16-9-5-4-8-14(15)16/h4-5,8-9,12-13,15,17H,2-3,6-7,10-11H2,1H3/t12-,15?/m0/s1. The lowest BCUT2D eigenvalue weighted by Crippen LogP contribution is -2.37. The van der Waals surface area contributed by atoms with Crippen molar-refractivity contribution in [1.29, 1.82) is 0 Å². The number of rotatable bonds is 3. The van der Waals surface area contributed by atoms with Crippen LogP contribution < -0.4 is 10.1 Å². The minimum absolute atomic E-state index is 0.477. The van der Waals surface area contributed by atoms with E-state index in [9.17, 15) is 0 Å². The van der Waals surface area contributed by atoms with Crippen LogP contribution in [0.5, 0.6) is 5.75 Å². The zero-order valence-corrected chi connectivity index (χ0v) is 11.2. The molecule has 1 aromatic rings. The molecular weight excluding hydrogens is 222 g/mol. The molecule has 0 bridgehead atoms. The summed E-state index contributed by atoms with van der Waals surface area (Å²) < 4.78 is 5.72. The Morgan fingerprint density at radius 3 is 2.78 bits per heavy atom. The highest BCUT2D eigenvalue weighted by atomic mass is 16.5. The average Bonchev–Trinajstić information content (AvgIpc) is 2.93. The third-order valence-corrected chi connectivity index (χ3v) is 4.53. The lowest BCUT2D eigenvalue weighted by molar-refractivity contribution is 0.233. The van der Waals surface area contributed by atoms with Crippen LogP contribution in [0.4, 0.5) is 0 Å². The first-order valence-electron chi connectivity index (χ1n) is 7.32. The van der Waals surface area contributed by atoms with Gasteiger partial charge in [0.2, 0.25) is 0 Å². The van der Waals surface area contributed by atoms with Crippen molar-refractivity contribution < 1.29 is 4.74 Å². The van der Waals surface area contributed by atoms with Crippen molar-refractivity contribution in [3.63, 3.8) is 0 Å². The second-order valence-corrected chi connectivity index (χ2v) is 5.73. The molecule has 2 heteroatoms. The first-order valence-corrected chi connectivity index (χ1v) is 7.32. The molecule has 1 N–H and O–H groups in total. The number of benzene rings is 1. The summed E-state index contributed by atoms with van der Waals surface area (Å²) >= 11 is 0. The minimum atomic E-state index is 0.477. The van der Waals surface area contributed by atoms with E-state index in [1.165, 1.54) is 31.2 Å². The Balaban J connectivity index is 1.70. The van der Waals surface area contributed by atoms with Gasteiger partial charge in [-0.1, -0.05) is 31.0 Å². The molecule has 1 heterocycles. The Bertz CT molecular complexity index is 398. The maximum Gasteiger partial charge on any atom is 0.124 e. The molecule has 0 saturated heterocycles. The lowest BCUT2D eigenvalue weighted by atomic mass is 9.95. The van der Waals surface area contributed by atoms with Gasteiger partial charge in [-0.25, -0.2) is 0 Å². The number of hydrogen-bond acceptors (Lipinski definition) is 2. The van der Waals surface area contributed by atoms with Gasteiger partial charge in [-0.3, -0.25) is 0 Å². The molecule has 1 unspecified atom stereocenters. The molecule has 1 fully saturated rings. The Kier molecular flexibility index (Phi) is 3.55. The van der Waals surface area contributed by atoms with Gasteiger partial charge in [0.25, 0.3) is 0 Å². The van der Waals surface area contributed by atoms with Crippen LogP contribution in [0.3, 0.4) is 0 Å². The van der Waals surface area contributed by atoms with Gasteiger partial charge in [-0.05, 0) is 31.7 Å². The van der Waals surface area contributed by atoms with Crippen LogP contribution in [0.2, 0.25) is 0 Å². The maximum absolute atomic E-state index is 5.72. The molecule has 1 aliphatic heterocycles. The van der Waals surface area contributed by atoms with Crippen molar-refractivity contribution in [2.24, 2.45) is 5.92 Å². The molecule has 98 valence electrons. The van der Waals surface area contributed by atoms with Crippen LogP contribution in [0.25, 0.3) is 0 Å². The number of nitrogens with one attached hydrogen (secondary N) is 1. The summed E-state index contributed by atoms with van der Waals surface area (Å²) in [6.07, 6.45) is 6.73. The summed E-state index contributed by atoms with van der Waals surface area (Å²) in [5, 5.41) is 3.84. The van der Waals surface area contributed by atoms with Crippen LogP contribution in [0.15, 0.2) is 24.3 Å². The molecule has 1 saturated carbocycles. The molecule has 0 spiro atoms. The predicted molar refractivity (Wildman–Crippen MR) is 73.9 cm³/mol. The Morgan fingerprint density at radius 1 is 1.17 bits per heavy atom.